The molecule has 1 aromatic carbocycles. The van der Waals surface area contributed by atoms with E-state index in [0.29, 0.717) is 0 Å². The Hall–Kier alpha value is -2.60. The first kappa shape index (κ1) is 15.9. The Balaban J connectivity index is 1.62. The van der Waals surface area contributed by atoms with E-state index < -0.39 is 0 Å². The van der Waals surface area contributed by atoms with Crippen LogP contribution in [-0.4, -0.2) is 47.4 Å². The number of fused-ring (bicyclic) bond motifs is 1. The Morgan fingerprint density at radius 3 is 2.64 bits per heavy atom. The summed E-state index contributed by atoms with van der Waals surface area (Å²) in [4.78, 5) is 6.83. The summed E-state index contributed by atoms with van der Waals surface area (Å²) in [5, 5.41) is 8.01. The SMILES string of the molecule is CCCNc1ccc2ncc(-c3ccc(N4CCOCC4)cc3)n2n1. The van der Waals surface area contributed by atoms with E-state index in [0.717, 1.165) is 62.0 Å². The van der Waals surface area contributed by atoms with Gasteiger partial charge in [-0.05, 0) is 30.7 Å². The summed E-state index contributed by atoms with van der Waals surface area (Å²) in [5.41, 5.74) is 4.21. The van der Waals surface area contributed by atoms with Crippen molar-refractivity contribution in [2.75, 3.05) is 43.1 Å². The lowest BCUT2D eigenvalue weighted by Gasteiger charge is -2.28. The number of imidazole rings is 1. The van der Waals surface area contributed by atoms with Crippen LogP contribution in [0.4, 0.5) is 11.5 Å². The molecule has 1 N–H and O–H groups in total. The van der Waals surface area contributed by atoms with Gasteiger partial charge in [-0.15, -0.1) is 5.10 Å². The summed E-state index contributed by atoms with van der Waals surface area (Å²) < 4.78 is 7.33. The molecule has 0 spiro atoms. The summed E-state index contributed by atoms with van der Waals surface area (Å²) in [6, 6.07) is 12.6. The van der Waals surface area contributed by atoms with Gasteiger partial charge in [0.05, 0.1) is 25.1 Å². The van der Waals surface area contributed by atoms with Crippen molar-refractivity contribution in [1.29, 1.82) is 0 Å². The topological polar surface area (TPSA) is 54.7 Å². The fourth-order valence-corrected chi connectivity index (χ4v) is 3.08. The zero-order valence-corrected chi connectivity index (χ0v) is 14.5. The number of anilines is 2. The zero-order chi connectivity index (χ0) is 17.1. The Morgan fingerprint density at radius 2 is 1.88 bits per heavy atom. The van der Waals surface area contributed by atoms with Gasteiger partial charge in [0.1, 0.15) is 5.82 Å². The van der Waals surface area contributed by atoms with Gasteiger partial charge < -0.3 is 15.0 Å². The molecule has 1 aliphatic rings. The number of hydrogen-bond acceptors (Lipinski definition) is 5. The summed E-state index contributed by atoms with van der Waals surface area (Å²) in [6.45, 7) is 6.55. The number of benzene rings is 1. The van der Waals surface area contributed by atoms with Crippen molar-refractivity contribution in [2.24, 2.45) is 0 Å². The van der Waals surface area contributed by atoms with Crippen LogP contribution in [0.1, 0.15) is 13.3 Å². The van der Waals surface area contributed by atoms with Crippen molar-refractivity contribution in [3.8, 4) is 11.3 Å². The van der Waals surface area contributed by atoms with Gasteiger partial charge in [0.15, 0.2) is 5.65 Å². The maximum absolute atomic E-state index is 5.42. The van der Waals surface area contributed by atoms with Crippen molar-refractivity contribution < 1.29 is 4.74 Å². The average Bonchev–Trinajstić information content (AvgIpc) is 3.10. The van der Waals surface area contributed by atoms with E-state index in [1.807, 2.05) is 22.8 Å². The van der Waals surface area contributed by atoms with Crippen LogP contribution in [0.25, 0.3) is 16.9 Å². The van der Waals surface area contributed by atoms with Crippen molar-refractivity contribution in [3.05, 3.63) is 42.6 Å². The number of aromatic nitrogens is 3. The van der Waals surface area contributed by atoms with Crippen molar-refractivity contribution >= 4 is 17.2 Å². The number of ether oxygens (including phenoxy) is 1. The fourth-order valence-electron chi connectivity index (χ4n) is 3.08. The largest absolute Gasteiger partial charge is 0.378 e. The number of morpholine rings is 1. The first-order chi connectivity index (χ1) is 12.3. The minimum atomic E-state index is 0.798. The second kappa shape index (κ2) is 7.11. The van der Waals surface area contributed by atoms with E-state index in [4.69, 9.17) is 4.74 Å². The molecule has 0 unspecified atom stereocenters. The molecule has 0 atom stereocenters. The molecule has 1 fully saturated rings. The quantitative estimate of drug-likeness (QED) is 0.775. The Bertz CT molecular complexity index is 837. The van der Waals surface area contributed by atoms with Crippen LogP contribution in [0, 0.1) is 0 Å². The zero-order valence-electron chi connectivity index (χ0n) is 14.5. The van der Waals surface area contributed by atoms with E-state index >= 15 is 0 Å². The van der Waals surface area contributed by atoms with Crippen LogP contribution < -0.4 is 10.2 Å². The summed E-state index contributed by atoms with van der Waals surface area (Å²) >= 11 is 0. The molecule has 0 amide bonds. The van der Waals surface area contributed by atoms with Gasteiger partial charge in [-0.25, -0.2) is 9.50 Å². The highest BCUT2D eigenvalue weighted by atomic mass is 16.5. The molecule has 0 radical (unpaired) electrons. The second-order valence-corrected chi connectivity index (χ2v) is 6.21. The number of rotatable bonds is 5. The molecule has 3 aromatic rings. The molecular formula is C19H23N5O. The highest BCUT2D eigenvalue weighted by Gasteiger charge is 2.12. The van der Waals surface area contributed by atoms with Crippen LogP contribution in [0.15, 0.2) is 42.6 Å². The molecule has 0 aliphatic carbocycles. The second-order valence-electron chi connectivity index (χ2n) is 6.21. The normalized spacial score (nSPS) is 14.8. The number of nitrogens with zero attached hydrogens (tertiary/aromatic N) is 4. The highest BCUT2D eigenvalue weighted by Crippen LogP contribution is 2.24. The van der Waals surface area contributed by atoms with Crippen LogP contribution in [0.5, 0.6) is 0 Å². The van der Waals surface area contributed by atoms with Crippen molar-refractivity contribution in [3.63, 3.8) is 0 Å². The molecule has 130 valence electrons. The molecule has 1 saturated heterocycles. The standard InChI is InChI=1S/C19H23N5O/c1-2-9-20-18-7-8-19-21-14-17(24(19)22-18)15-3-5-16(6-4-15)23-10-12-25-13-11-23/h3-8,14H,2,9-13H2,1H3,(H,20,22). The van der Waals surface area contributed by atoms with E-state index in [9.17, 15) is 0 Å². The lowest BCUT2D eigenvalue weighted by Crippen LogP contribution is -2.36. The molecule has 4 rings (SSSR count). The van der Waals surface area contributed by atoms with E-state index in [1.165, 1.54) is 5.69 Å². The first-order valence-electron chi connectivity index (χ1n) is 8.87. The van der Waals surface area contributed by atoms with E-state index in [1.54, 1.807) is 0 Å². The summed E-state index contributed by atoms with van der Waals surface area (Å²) in [5.74, 6) is 0.874. The maximum Gasteiger partial charge on any atom is 0.154 e. The lowest BCUT2D eigenvalue weighted by molar-refractivity contribution is 0.122. The first-order valence-corrected chi connectivity index (χ1v) is 8.87. The van der Waals surface area contributed by atoms with E-state index in [2.05, 4.69) is 51.5 Å². The predicted octanol–water partition coefficient (Wildman–Crippen LogP) is 3.05. The fraction of sp³-hybridized carbons (Fsp3) is 0.368. The van der Waals surface area contributed by atoms with Crippen LogP contribution in [0.2, 0.25) is 0 Å². The van der Waals surface area contributed by atoms with Crippen LogP contribution in [-0.2, 0) is 4.74 Å². The van der Waals surface area contributed by atoms with Gasteiger partial charge >= 0.3 is 0 Å². The molecule has 6 heteroatoms. The lowest BCUT2D eigenvalue weighted by atomic mass is 10.1. The van der Waals surface area contributed by atoms with Crippen molar-refractivity contribution in [2.45, 2.75) is 13.3 Å². The minimum Gasteiger partial charge on any atom is -0.378 e. The molecule has 2 aromatic heterocycles. The molecule has 1 aliphatic heterocycles. The Kier molecular flexibility index (Phi) is 4.52. The molecule has 0 saturated carbocycles. The molecule has 25 heavy (non-hydrogen) atoms. The molecular weight excluding hydrogens is 314 g/mol. The molecule has 0 bridgehead atoms. The third-order valence-corrected chi connectivity index (χ3v) is 4.46. The third kappa shape index (κ3) is 3.30. The third-order valence-electron chi connectivity index (χ3n) is 4.46. The number of hydrogen-bond donors (Lipinski definition) is 1. The monoisotopic (exact) mass is 337 g/mol. The molecule has 6 nitrogen and oxygen atoms in total. The predicted molar refractivity (Wildman–Crippen MR) is 100 cm³/mol. The summed E-state index contributed by atoms with van der Waals surface area (Å²) in [6.07, 6.45) is 2.95. The van der Waals surface area contributed by atoms with Gasteiger partial charge in [0, 0.05) is 30.9 Å². The number of nitrogens with one attached hydrogen (secondary N) is 1. The average molecular weight is 337 g/mol. The maximum atomic E-state index is 5.42. The van der Waals surface area contributed by atoms with E-state index in [-0.39, 0.29) is 0 Å². The van der Waals surface area contributed by atoms with Gasteiger partial charge in [0.25, 0.3) is 0 Å². The van der Waals surface area contributed by atoms with Gasteiger partial charge in [-0.1, -0.05) is 19.1 Å². The smallest absolute Gasteiger partial charge is 0.154 e. The highest BCUT2D eigenvalue weighted by molar-refractivity contribution is 5.66. The minimum absolute atomic E-state index is 0.798. The van der Waals surface area contributed by atoms with Crippen molar-refractivity contribution in [1.82, 2.24) is 14.6 Å². The van der Waals surface area contributed by atoms with Crippen LogP contribution in [0.3, 0.4) is 0 Å². The van der Waals surface area contributed by atoms with Gasteiger partial charge in [0.2, 0.25) is 0 Å². The van der Waals surface area contributed by atoms with Crippen LogP contribution >= 0.6 is 0 Å². The summed E-state index contributed by atoms with van der Waals surface area (Å²) in [7, 11) is 0. The van der Waals surface area contributed by atoms with Gasteiger partial charge in [-0.3, -0.25) is 0 Å². The Labute approximate surface area is 147 Å². The molecule has 3 heterocycles. The Morgan fingerprint density at radius 1 is 1.08 bits per heavy atom. The van der Waals surface area contributed by atoms with Gasteiger partial charge in [-0.2, -0.15) is 0 Å².